The summed E-state index contributed by atoms with van der Waals surface area (Å²) in [6, 6.07) is 8.36. The summed E-state index contributed by atoms with van der Waals surface area (Å²) in [5.41, 5.74) is 2.25. The number of amides is 1. The van der Waals surface area contributed by atoms with Crippen molar-refractivity contribution < 1.29 is 4.79 Å². The number of nitrogens with zero attached hydrogens (tertiary/aromatic N) is 2. The number of nitrogens with one attached hydrogen (secondary N) is 1. The van der Waals surface area contributed by atoms with Crippen LogP contribution in [-0.4, -0.2) is 48.9 Å². The number of hydrogen-bond donors (Lipinski definition) is 1. The Hall–Kier alpha value is -1.39. The molecule has 126 valence electrons. The van der Waals surface area contributed by atoms with Crippen LogP contribution in [0.15, 0.2) is 24.3 Å². The summed E-state index contributed by atoms with van der Waals surface area (Å²) < 4.78 is 0. The topological polar surface area (TPSA) is 35.6 Å². The van der Waals surface area contributed by atoms with Crippen molar-refractivity contribution in [1.82, 2.24) is 9.80 Å². The minimum absolute atomic E-state index is 0.170. The lowest BCUT2D eigenvalue weighted by Gasteiger charge is -2.32. The van der Waals surface area contributed by atoms with Crippen LogP contribution in [-0.2, 0) is 11.3 Å². The SMILES string of the molecule is CN1CCN(Cc2ccc(NC(=O)CC3CCCC3)cc2)CC1. The lowest BCUT2D eigenvalue weighted by Crippen LogP contribution is -2.43. The molecule has 1 heterocycles. The van der Waals surface area contributed by atoms with E-state index >= 15 is 0 Å². The molecule has 0 spiro atoms. The van der Waals surface area contributed by atoms with Crippen LogP contribution in [0.3, 0.4) is 0 Å². The molecule has 1 saturated heterocycles. The molecule has 2 aliphatic rings. The Bertz CT molecular complexity index is 500. The van der Waals surface area contributed by atoms with E-state index in [9.17, 15) is 4.79 Å². The first-order valence-corrected chi connectivity index (χ1v) is 8.99. The molecule has 1 N–H and O–H groups in total. The van der Waals surface area contributed by atoms with Crippen molar-refractivity contribution in [2.24, 2.45) is 5.92 Å². The van der Waals surface area contributed by atoms with Gasteiger partial charge >= 0.3 is 0 Å². The van der Waals surface area contributed by atoms with Crippen molar-refractivity contribution >= 4 is 11.6 Å². The smallest absolute Gasteiger partial charge is 0.224 e. The van der Waals surface area contributed by atoms with Gasteiger partial charge in [-0.05, 0) is 43.5 Å². The van der Waals surface area contributed by atoms with E-state index in [0.717, 1.165) is 38.4 Å². The van der Waals surface area contributed by atoms with Gasteiger partial charge in [0.15, 0.2) is 0 Å². The lowest BCUT2D eigenvalue weighted by molar-refractivity contribution is -0.117. The molecule has 1 aliphatic heterocycles. The predicted molar refractivity (Wildman–Crippen MR) is 94.4 cm³/mol. The quantitative estimate of drug-likeness (QED) is 0.907. The molecule has 0 unspecified atom stereocenters. The molecule has 0 radical (unpaired) electrons. The molecule has 1 saturated carbocycles. The maximum absolute atomic E-state index is 12.1. The van der Waals surface area contributed by atoms with E-state index in [2.05, 4.69) is 34.3 Å². The molecular formula is C19H29N3O. The number of hydrogen-bond acceptors (Lipinski definition) is 3. The highest BCUT2D eigenvalue weighted by molar-refractivity contribution is 5.90. The number of carbonyl (C=O) groups is 1. The largest absolute Gasteiger partial charge is 0.326 e. The first-order chi connectivity index (χ1) is 11.2. The van der Waals surface area contributed by atoms with E-state index < -0.39 is 0 Å². The third kappa shape index (κ3) is 5.05. The summed E-state index contributed by atoms with van der Waals surface area (Å²) in [5.74, 6) is 0.773. The molecule has 1 amide bonds. The second-order valence-electron chi connectivity index (χ2n) is 7.18. The molecule has 4 nitrogen and oxygen atoms in total. The van der Waals surface area contributed by atoms with Crippen LogP contribution >= 0.6 is 0 Å². The van der Waals surface area contributed by atoms with Crippen molar-refractivity contribution in [2.45, 2.75) is 38.6 Å². The van der Waals surface area contributed by atoms with Gasteiger partial charge in [-0.2, -0.15) is 0 Å². The number of anilines is 1. The number of benzene rings is 1. The summed E-state index contributed by atoms with van der Waals surface area (Å²) in [6.45, 7) is 5.57. The van der Waals surface area contributed by atoms with Gasteiger partial charge in [0.05, 0.1) is 0 Å². The molecular weight excluding hydrogens is 286 g/mol. The molecule has 1 aromatic rings. The Labute approximate surface area is 139 Å². The highest BCUT2D eigenvalue weighted by Gasteiger charge is 2.18. The summed E-state index contributed by atoms with van der Waals surface area (Å²) in [7, 11) is 2.18. The third-order valence-corrected chi connectivity index (χ3v) is 5.19. The molecule has 0 atom stereocenters. The van der Waals surface area contributed by atoms with Crippen molar-refractivity contribution in [2.75, 3.05) is 38.5 Å². The highest BCUT2D eigenvalue weighted by atomic mass is 16.1. The van der Waals surface area contributed by atoms with Gasteiger partial charge in [-0.15, -0.1) is 0 Å². The molecule has 4 heteroatoms. The molecule has 0 aromatic heterocycles. The first-order valence-electron chi connectivity index (χ1n) is 8.99. The Balaban J connectivity index is 1.45. The summed E-state index contributed by atoms with van der Waals surface area (Å²) in [6.07, 6.45) is 5.70. The molecule has 2 fully saturated rings. The van der Waals surface area contributed by atoms with Crippen molar-refractivity contribution in [3.63, 3.8) is 0 Å². The Morgan fingerprint density at radius 3 is 2.39 bits per heavy atom. The van der Waals surface area contributed by atoms with Gasteiger partial charge < -0.3 is 10.2 Å². The lowest BCUT2D eigenvalue weighted by atomic mass is 10.0. The Morgan fingerprint density at radius 2 is 1.74 bits per heavy atom. The van der Waals surface area contributed by atoms with Gasteiger partial charge in [-0.25, -0.2) is 0 Å². The van der Waals surface area contributed by atoms with E-state index in [-0.39, 0.29) is 5.91 Å². The molecule has 1 aliphatic carbocycles. The Morgan fingerprint density at radius 1 is 1.09 bits per heavy atom. The van der Waals surface area contributed by atoms with E-state index in [0.29, 0.717) is 12.3 Å². The fraction of sp³-hybridized carbons (Fsp3) is 0.632. The zero-order valence-corrected chi connectivity index (χ0v) is 14.3. The number of piperazine rings is 1. The number of likely N-dealkylation sites (N-methyl/N-ethyl adjacent to an activating group) is 1. The highest BCUT2D eigenvalue weighted by Crippen LogP contribution is 2.27. The maximum Gasteiger partial charge on any atom is 0.224 e. The Kier molecular flexibility index (Phi) is 5.68. The van der Waals surface area contributed by atoms with Gasteiger partial charge in [0.2, 0.25) is 5.91 Å². The number of rotatable bonds is 5. The summed E-state index contributed by atoms with van der Waals surface area (Å²) in [4.78, 5) is 16.9. The fourth-order valence-electron chi connectivity index (χ4n) is 3.65. The molecule has 0 bridgehead atoms. The van der Waals surface area contributed by atoms with E-state index in [4.69, 9.17) is 0 Å². The molecule has 1 aromatic carbocycles. The second kappa shape index (κ2) is 7.93. The van der Waals surface area contributed by atoms with Crippen LogP contribution in [0.2, 0.25) is 0 Å². The van der Waals surface area contributed by atoms with Gasteiger partial charge in [0.1, 0.15) is 0 Å². The van der Waals surface area contributed by atoms with Crippen molar-refractivity contribution in [3.8, 4) is 0 Å². The van der Waals surface area contributed by atoms with Crippen LogP contribution in [0.25, 0.3) is 0 Å². The van der Waals surface area contributed by atoms with Gasteiger partial charge in [-0.3, -0.25) is 9.69 Å². The first kappa shape index (κ1) is 16.5. The second-order valence-corrected chi connectivity index (χ2v) is 7.18. The summed E-state index contributed by atoms with van der Waals surface area (Å²) in [5, 5.41) is 3.05. The average molecular weight is 315 g/mol. The van der Waals surface area contributed by atoms with Crippen LogP contribution in [0.4, 0.5) is 5.69 Å². The van der Waals surface area contributed by atoms with Gasteiger partial charge in [-0.1, -0.05) is 25.0 Å². The van der Waals surface area contributed by atoms with Crippen LogP contribution in [0.1, 0.15) is 37.7 Å². The van der Waals surface area contributed by atoms with Crippen molar-refractivity contribution in [3.05, 3.63) is 29.8 Å². The number of carbonyl (C=O) groups excluding carboxylic acids is 1. The third-order valence-electron chi connectivity index (χ3n) is 5.19. The zero-order valence-electron chi connectivity index (χ0n) is 14.3. The monoisotopic (exact) mass is 315 g/mol. The van der Waals surface area contributed by atoms with E-state index in [1.54, 1.807) is 0 Å². The van der Waals surface area contributed by atoms with E-state index in [1.807, 2.05) is 12.1 Å². The maximum atomic E-state index is 12.1. The fourth-order valence-corrected chi connectivity index (χ4v) is 3.65. The van der Waals surface area contributed by atoms with E-state index in [1.165, 1.54) is 31.2 Å². The van der Waals surface area contributed by atoms with Crippen LogP contribution in [0.5, 0.6) is 0 Å². The summed E-state index contributed by atoms with van der Waals surface area (Å²) >= 11 is 0. The van der Waals surface area contributed by atoms with Crippen LogP contribution < -0.4 is 5.32 Å². The van der Waals surface area contributed by atoms with Gasteiger partial charge in [0.25, 0.3) is 0 Å². The van der Waals surface area contributed by atoms with Crippen LogP contribution in [0, 0.1) is 5.92 Å². The molecule has 23 heavy (non-hydrogen) atoms. The normalized spacial score (nSPS) is 20.7. The standard InChI is InChI=1S/C19H29N3O/c1-21-10-12-22(13-11-21)15-17-6-8-18(9-7-17)20-19(23)14-16-4-2-3-5-16/h6-9,16H,2-5,10-15H2,1H3,(H,20,23). The predicted octanol–water partition coefficient (Wildman–Crippen LogP) is 2.95. The minimum Gasteiger partial charge on any atom is -0.326 e. The van der Waals surface area contributed by atoms with Gasteiger partial charge in [0, 0.05) is 44.8 Å². The zero-order chi connectivity index (χ0) is 16.1. The molecule has 3 rings (SSSR count). The minimum atomic E-state index is 0.170. The van der Waals surface area contributed by atoms with Crippen molar-refractivity contribution in [1.29, 1.82) is 0 Å². The average Bonchev–Trinajstić information content (AvgIpc) is 3.04.